The van der Waals surface area contributed by atoms with E-state index < -0.39 is 0 Å². The van der Waals surface area contributed by atoms with Crippen LogP contribution in [0.25, 0.3) is 0 Å². The Bertz CT molecular complexity index is 452. The quantitative estimate of drug-likeness (QED) is 0.622. The summed E-state index contributed by atoms with van der Waals surface area (Å²) in [6.07, 6.45) is 2.66. The zero-order valence-electron chi connectivity index (χ0n) is 13.0. The summed E-state index contributed by atoms with van der Waals surface area (Å²) in [5, 5.41) is 3.10. The number of guanidine groups is 1. The van der Waals surface area contributed by atoms with Gasteiger partial charge in [0.2, 0.25) is 0 Å². The van der Waals surface area contributed by atoms with Gasteiger partial charge in [-0.1, -0.05) is 6.92 Å². The molecule has 0 radical (unpaired) electrons. The molecule has 116 valence electrons. The molecule has 0 aromatic heterocycles. The fourth-order valence-electron chi connectivity index (χ4n) is 2.58. The summed E-state index contributed by atoms with van der Waals surface area (Å²) in [4.78, 5) is 6.94. The minimum absolute atomic E-state index is 0.466. The van der Waals surface area contributed by atoms with Crippen molar-refractivity contribution >= 4 is 11.6 Å². The summed E-state index contributed by atoms with van der Waals surface area (Å²) in [6.45, 7) is 6.55. The van der Waals surface area contributed by atoms with Crippen LogP contribution in [0, 0.1) is 5.92 Å². The van der Waals surface area contributed by atoms with Crippen molar-refractivity contribution < 1.29 is 4.74 Å². The number of likely N-dealkylation sites (tertiary alicyclic amines) is 1. The third-order valence-corrected chi connectivity index (χ3v) is 3.70. The lowest BCUT2D eigenvalue weighted by Gasteiger charge is -2.18. The highest BCUT2D eigenvalue weighted by molar-refractivity contribution is 5.92. The van der Waals surface area contributed by atoms with Crippen LogP contribution in [0.4, 0.5) is 5.69 Å². The van der Waals surface area contributed by atoms with Crippen LogP contribution in [0.1, 0.15) is 19.8 Å². The summed E-state index contributed by atoms with van der Waals surface area (Å²) < 4.78 is 5.12. The number of hydrogen-bond acceptors (Lipinski definition) is 3. The van der Waals surface area contributed by atoms with Crippen LogP contribution in [0.2, 0.25) is 0 Å². The monoisotopic (exact) mass is 290 g/mol. The van der Waals surface area contributed by atoms with E-state index in [1.165, 1.54) is 25.9 Å². The van der Waals surface area contributed by atoms with Gasteiger partial charge >= 0.3 is 0 Å². The van der Waals surface area contributed by atoms with Gasteiger partial charge in [-0.3, -0.25) is 4.99 Å². The number of rotatable bonds is 6. The lowest BCUT2D eigenvalue weighted by molar-refractivity contribution is 0.292. The molecule has 0 saturated carbocycles. The standard InChI is InChI=1S/C16H26N4O/c1-13(12-20-9-3-4-10-20)11-18-16(17)19-14-5-7-15(21-2)8-6-14/h5-8,13H,3-4,9-12H2,1-2H3,(H3,17,18,19). The third-order valence-electron chi connectivity index (χ3n) is 3.70. The molecule has 0 spiro atoms. The number of anilines is 1. The molecule has 1 aromatic carbocycles. The lowest BCUT2D eigenvalue weighted by atomic mass is 10.2. The number of nitrogens with zero attached hydrogens (tertiary/aromatic N) is 2. The van der Waals surface area contributed by atoms with Crippen molar-refractivity contribution in [2.75, 3.05) is 38.6 Å². The molecule has 0 bridgehead atoms. The van der Waals surface area contributed by atoms with Crippen LogP contribution in [0.5, 0.6) is 5.75 Å². The van der Waals surface area contributed by atoms with Gasteiger partial charge in [0.1, 0.15) is 5.75 Å². The Balaban J connectivity index is 1.76. The van der Waals surface area contributed by atoms with Crippen LogP contribution >= 0.6 is 0 Å². The average Bonchev–Trinajstić information content (AvgIpc) is 2.99. The summed E-state index contributed by atoms with van der Waals surface area (Å²) >= 11 is 0. The van der Waals surface area contributed by atoms with Crippen molar-refractivity contribution in [1.82, 2.24) is 4.90 Å². The maximum atomic E-state index is 5.93. The maximum Gasteiger partial charge on any atom is 0.193 e. The number of methoxy groups -OCH3 is 1. The molecule has 1 aliphatic heterocycles. The highest BCUT2D eigenvalue weighted by Crippen LogP contribution is 2.14. The van der Waals surface area contributed by atoms with E-state index in [9.17, 15) is 0 Å². The molecule has 1 atom stereocenters. The van der Waals surface area contributed by atoms with Crippen LogP contribution in [0.3, 0.4) is 0 Å². The fraction of sp³-hybridized carbons (Fsp3) is 0.562. The predicted molar refractivity (Wildman–Crippen MR) is 87.9 cm³/mol. The van der Waals surface area contributed by atoms with Gasteiger partial charge in [0, 0.05) is 18.8 Å². The molecule has 1 aliphatic rings. The Morgan fingerprint density at radius 1 is 1.33 bits per heavy atom. The summed E-state index contributed by atoms with van der Waals surface area (Å²) in [5.41, 5.74) is 6.85. The molecule has 1 unspecified atom stereocenters. The second kappa shape index (κ2) is 7.88. The average molecular weight is 290 g/mol. The van der Waals surface area contributed by atoms with E-state index in [1.807, 2.05) is 24.3 Å². The smallest absolute Gasteiger partial charge is 0.193 e. The first-order chi connectivity index (χ1) is 10.2. The molecular formula is C16H26N4O. The zero-order chi connectivity index (χ0) is 15.1. The molecule has 1 heterocycles. The molecule has 0 aliphatic carbocycles. The van der Waals surface area contributed by atoms with E-state index in [1.54, 1.807) is 7.11 Å². The van der Waals surface area contributed by atoms with Crippen LogP contribution < -0.4 is 15.8 Å². The van der Waals surface area contributed by atoms with Crippen LogP contribution in [-0.4, -0.2) is 44.1 Å². The third kappa shape index (κ3) is 5.27. The Kier molecular flexibility index (Phi) is 5.87. The number of aliphatic imine (C=N–C) groups is 1. The first kappa shape index (κ1) is 15.6. The lowest BCUT2D eigenvalue weighted by Crippen LogP contribution is -2.28. The highest BCUT2D eigenvalue weighted by Gasteiger charge is 2.14. The summed E-state index contributed by atoms with van der Waals surface area (Å²) in [5.74, 6) is 1.82. The van der Waals surface area contributed by atoms with Gasteiger partial charge in [0.25, 0.3) is 0 Å². The number of nitrogens with two attached hydrogens (primary N) is 1. The number of benzene rings is 1. The minimum atomic E-state index is 0.466. The van der Waals surface area contributed by atoms with Crippen molar-refractivity contribution in [2.24, 2.45) is 16.6 Å². The van der Waals surface area contributed by atoms with Crippen molar-refractivity contribution in [3.05, 3.63) is 24.3 Å². The van der Waals surface area contributed by atoms with Gasteiger partial charge in [-0.15, -0.1) is 0 Å². The second-order valence-corrected chi connectivity index (χ2v) is 5.69. The Labute approximate surface area is 127 Å². The molecule has 1 saturated heterocycles. The number of nitrogens with one attached hydrogen (secondary N) is 1. The largest absolute Gasteiger partial charge is 0.497 e. The number of ether oxygens (including phenoxy) is 1. The van der Waals surface area contributed by atoms with Gasteiger partial charge in [-0.25, -0.2) is 0 Å². The van der Waals surface area contributed by atoms with E-state index in [0.717, 1.165) is 24.5 Å². The zero-order valence-corrected chi connectivity index (χ0v) is 13.0. The van der Waals surface area contributed by atoms with E-state index in [0.29, 0.717) is 11.9 Å². The Morgan fingerprint density at radius 3 is 2.62 bits per heavy atom. The van der Waals surface area contributed by atoms with Crippen LogP contribution in [0.15, 0.2) is 29.3 Å². The molecule has 5 heteroatoms. The van der Waals surface area contributed by atoms with E-state index in [-0.39, 0.29) is 0 Å². The first-order valence-electron chi connectivity index (χ1n) is 7.60. The molecule has 1 fully saturated rings. The summed E-state index contributed by atoms with van der Waals surface area (Å²) in [6, 6.07) is 7.64. The summed E-state index contributed by atoms with van der Waals surface area (Å²) in [7, 11) is 1.65. The van der Waals surface area contributed by atoms with Crippen molar-refractivity contribution in [3.8, 4) is 5.75 Å². The first-order valence-corrected chi connectivity index (χ1v) is 7.60. The van der Waals surface area contributed by atoms with Crippen molar-refractivity contribution in [1.29, 1.82) is 0 Å². The molecule has 2 rings (SSSR count). The molecule has 1 aromatic rings. The van der Waals surface area contributed by atoms with E-state index >= 15 is 0 Å². The van der Waals surface area contributed by atoms with Gasteiger partial charge in [-0.05, 0) is 56.1 Å². The van der Waals surface area contributed by atoms with Gasteiger partial charge in [0.15, 0.2) is 5.96 Å². The number of hydrogen-bond donors (Lipinski definition) is 2. The maximum absolute atomic E-state index is 5.93. The van der Waals surface area contributed by atoms with E-state index in [4.69, 9.17) is 10.5 Å². The van der Waals surface area contributed by atoms with Crippen LogP contribution in [-0.2, 0) is 0 Å². The van der Waals surface area contributed by atoms with Gasteiger partial charge < -0.3 is 20.7 Å². The fourth-order valence-corrected chi connectivity index (χ4v) is 2.58. The highest BCUT2D eigenvalue weighted by atomic mass is 16.5. The SMILES string of the molecule is COc1ccc(NC(N)=NCC(C)CN2CCCC2)cc1. The Hall–Kier alpha value is -1.75. The topological polar surface area (TPSA) is 62.9 Å². The minimum Gasteiger partial charge on any atom is -0.497 e. The van der Waals surface area contributed by atoms with E-state index in [2.05, 4.69) is 22.1 Å². The van der Waals surface area contributed by atoms with Gasteiger partial charge in [-0.2, -0.15) is 0 Å². The van der Waals surface area contributed by atoms with Crippen molar-refractivity contribution in [2.45, 2.75) is 19.8 Å². The van der Waals surface area contributed by atoms with Gasteiger partial charge in [0.05, 0.1) is 7.11 Å². The molecule has 0 amide bonds. The molecule has 3 N–H and O–H groups in total. The molecule has 21 heavy (non-hydrogen) atoms. The normalized spacial score (nSPS) is 17.7. The van der Waals surface area contributed by atoms with Crippen molar-refractivity contribution in [3.63, 3.8) is 0 Å². The molecular weight excluding hydrogens is 264 g/mol. The second-order valence-electron chi connectivity index (χ2n) is 5.69. The predicted octanol–water partition coefficient (Wildman–Crippen LogP) is 2.15. The molecule has 5 nitrogen and oxygen atoms in total. The Morgan fingerprint density at radius 2 is 2.00 bits per heavy atom.